The van der Waals surface area contributed by atoms with Gasteiger partial charge in [-0.25, -0.2) is 0 Å². The van der Waals surface area contributed by atoms with Gasteiger partial charge in [-0.3, -0.25) is 4.79 Å². The first kappa shape index (κ1) is 17.4. The third-order valence-corrected chi connectivity index (χ3v) is 2.86. The Bertz CT molecular complexity index is 208. The zero-order chi connectivity index (χ0) is 13.8. The minimum atomic E-state index is 0.0836. The van der Waals surface area contributed by atoms with Gasteiger partial charge in [0.15, 0.2) is 0 Å². The van der Waals surface area contributed by atoms with Gasteiger partial charge < -0.3 is 15.8 Å². The molecule has 0 fully saturated rings. The molecule has 0 saturated carbocycles. The number of hydrogen-bond donors (Lipinski definition) is 2. The van der Waals surface area contributed by atoms with Crippen molar-refractivity contribution < 1.29 is 9.53 Å². The summed E-state index contributed by atoms with van der Waals surface area (Å²) in [4.78, 5) is 11.7. The number of amides is 1. The van der Waals surface area contributed by atoms with Gasteiger partial charge in [0.05, 0.1) is 0 Å². The minimum absolute atomic E-state index is 0.0836. The molecule has 0 aromatic rings. The number of nitrogens with two attached hydrogens (primary N) is 1. The van der Waals surface area contributed by atoms with Crippen molar-refractivity contribution in [1.82, 2.24) is 5.32 Å². The van der Waals surface area contributed by atoms with E-state index in [4.69, 9.17) is 10.5 Å². The lowest BCUT2D eigenvalue weighted by atomic mass is 10.0. The summed E-state index contributed by atoms with van der Waals surface area (Å²) in [6, 6.07) is 0.232. The van der Waals surface area contributed by atoms with E-state index in [2.05, 4.69) is 12.2 Å². The van der Waals surface area contributed by atoms with E-state index in [1.165, 1.54) is 0 Å². The molecule has 4 nitrogen and oxygen atoms in total. The fourth-order valence-electron chi connectivity index (χ4n) is 1.68. The third kappa shape index (κ3) is 10.5. The molecule has 0 bridgehead atoms. The zero-order valence-corrected chi connectivity index (χ0v) is 12.2. The van der Waals surface area contributed by atoms with E-state index >= 15 is 0 Å². The molecule has 0 aliphatic heterocycles. The molecule has 0 radical (unpaired) electrons. The van der Waals surface area contributed by atoms with Crippen molar-refractivity contribution >= 4 is 5.91 Å². The predicted molar refractivity (Wildman–Crippen MR) is 75.4 cm³/mol. The summed E-state index contributed by atoms with van der Waals surface area (Å²) in [6.45, 7) is 8.31. The van der Waals surface area contributed by atoms with E-state index in [0.717, 1.165) is 45.3 Å². The Morgan fingerprint density at radius 3 is 2.56 bits per heavy atom. The van der Waals surface area contributed by atoms with Crippen LogP contribution in [-0.4, -0.2) is 31.7 Å². The molecule has 18 heavy (non-hydrogen) atoms. The molecule has 4 heteroatoms. The van der Waals surface area contributed by atoms with Crippen molar-refractivity contribution in [2.75, 3.05) is 19.8 Å². The number of hydrogen-bond acceptors (Lipinski definition) is 3. The van der Waals surface area contributed by atoms with E-state index < -0.39 is 0 Å². The van der Waals surface area contributed by atoms with Crippen LogP contribution in [0.3, 0.4) is 0 Å². The molecular weight excluding hydrogens is 228 g/mol. The molecule has 2 unspecified atom stereocenters. The van der Waals surface area contributed by atoms with Crippen molar-refractivity contribution in [2.45, 2.75) is 58.9 Å². The Kier molecular flexibility index (Phi) is 11.1. The van der Waals surface area contributed by atoms with Gasteiger partial charge >= 0.3 is 0 Å². The van der Waals surface area contributed by atoms with Crippen LogP contribution in [0.15, 0.2) is 0 Å². The first-order valence-electron chi connectivity index (χ1n) is 7.19. The predicted octanol–water partition coefficient (Wildman–Crippen LogP) is 2.07. The average Bonchev–Trinajstić information content (AvgIpc) is 2.32. The van der Waals surface area contributed by atoms with Crippen molar-refractivity contribution in [1.29, 1.82) is 0 Å². The summed E-state index contributed by atoms with van der Waals surface area (Å²) in [6.07, 6.45) is 4.86. The van der Waals surface area contributed by atoms with Gasteiger partial charge in [-0.05, 0) is 32.6 Å². The summed E-state index contributed by atoms with van der Waals surface area (Å²) in [5.74, 6) is 0.232. The lowest BCUT2D eigenvalue weighted by molar-refractivity contribution is -0.124. The Hall–Kier alpha value is -0.610. The van der Waals surface area contributed by atoms with Crippen LogP contribution in [0.25, 0.3) is 0 Å². The molecule has 108 valence electrons. The molecule has 0 rings (SSSR count). The van der Waals surface area contributed by atoms with Crippen LogP contribution in [0.4, 0.5) is 0 Å². The van der Waals surface area contributed by atoms with Crippen LogP contribution in [0, 0.1) is 5.92 Å². The Balaban J connectivity index is 3.44. The molecule has 0 heterocycles. The van der Waals surface area contributed by atoms with Crippen LogP contribution in [0.1, 0.15) is 52.9 Å². The van der Waals surface area contributed by atoms with Crippen LogP contribution < -0.4 is 11.1 Å². The zero-order valence-electron chi connectivity index (χ0n) is 12.2. The Morgan fingerprint density at radius 1 is 1.22 bits per heavy atom. The summed E-state index contributed by atoms with van der Waals surface area (Å²) in [7, 11) is 0. The molecule has 2 atom stereocenters. The number of carbonyl (C=O) groups excluding carboxylic acids is 1. The summed E-state index contributed by atoms with van der Waals surface area (Å²) in [5.41, 5.74) is 5.68. The van der Waals surface area contributed by atoms with Gasteiger partial charge in [0.1, 0.15) is 0 Å². The van der Waals surface area contributed by atoms with E-state index in [1.807, 2.05) is 13.8 Å². The van der Waals surface area contributed by atoms with Crippen LogP contribution in [-0.2, 0) is 9.53 Å². The SMILES string of the molecule is CCCOCCCNC(=O)C(C)CCCC(C)N. The molecule has 1 amide bonds. The Morgan fingerprint density at radius 2 is 1.94 bits per heavy atom. The van der Waals surface area contributed by atoms with Gasteiger partial charge in [0, 0.05) is 31.7 Å². The average molecular weight is 258 g/mol. The molecule has 3 N–H and O–H groups in total. The third-order valence-electron chi connectivity index (χ3n) is 2.86. The maximum atomic E-state index is 11.7. The maximum absolute atomic E-state index is 11.7. The van der Waals surface area contributed by atoms with Crippen molar-refractivity contribution in [3.63, 3.8) is 0 Å². The monoisotopic (exact) mass is 258 g/mol. The smallest absolute Gasteiger partial charge is 0.222 e. The normalized spacial score (nSPS) is 14.2. The summed E-state index contributed by atoms with van der Waals surface area (Å²) >= 11 is 0. The highest BCUT2D eigenvalue weighted by Gasteiger charge is 2.11. The number of carbonyl (C=O) groups is 1. The fraction of sp³-hybridized carbons (Fsp3) is 0.929. The minimum Gasteiger partial charge on any atom is -0.381 e. The highest BCUT2D eigenvalue weighted by Crippen LogP contribution is 2.08. The van der Waals surface area contributed by atoms with Gasteiger partial charge in [0.2, 0.25) is 5.91 Å². The summed E-state index contributed by atoms with van der Waals surface area (Å²) < 4.78 is 5.35. The largest absolute Gasteiger partial charge is 0.381 e. The van der Waals surface area contributed by atoms with E-state index in [1.54, 1.807) is 0 Å². The highest BCUT2D eigenvalue weighted by atomic mass is 16.5. The Labute approximate surface area is 112 Å². The molecule has 0 spiro atoms. The van der Waals surface area contributed by atoms with Gasteiger partial charge in [-0.15, -0.1) is 0 Å². The number of nitrogens with one attached hydrogen (secondary N) is 1. The molecule has 0 aliphatic carbocycles. The van der Waals surface area contributed by atoms with Crippen molar-refractivity contribution in [3.8, 4) is 0 Å². The van der Waals surface area contributed by atoms with Gasteiger partial charge in [-0.1, -0.05) is 20.3 Å². The van der Waals surface area contributed by atoms with Gasteiger partial charge in [0.25, 0.3) is 0 Å². The van der Waals surface area contributed by atoms with Crippen molar-refractivity contribution in [3.05, 3.63) is 0 Å². The van der Waals surface area contributed by atoms with E-state index in [9.17, 15) is 4.79 Å². The van der Waals surface area contributed by atoms with Crippen molar-refractivity contribution in [2.24, 2.45) is 11.7 Å². The lowest BCUT2D eigenvalue weighted by Crippen LogP contribution is -2.30. The van der Waals surface area contributed by atoms with Gasteiger partial charge in [-0.2, -0.15) is 0 Å². The molecule has 0 saturated heterocycles. The first-order valence-corrected chi connectivity index (χ1v) is 7.19. The molecule has 0 aromatic heterocycles. The first-order chi connectivity index (χ1) is 8.57. The molecule has 0 aliphatic rings. The summed E-state index contributed by atoms with van der Waals surface area (Å²) in [5, 5.41) is 2.95. The second kappa shape index (κ2) is 11.5. The number of rotatable bonds is 11. The second-order valence-corrected chi connectivity index (χ2v) is 5.07. The maximum Gasteiger partial charge on any atom is 0.222 e. The number of ether oxygens (including phenoxy) is 1. The lowest BCUT2D eigenvalue weighted by Gasteiger charge is -2.12. The van der Waals surface area contributed by atoms with Crippen LogP contribution >= 0.6 is 0 Å². The quantitative estimate of drug-likeness (QED) is 0.558. The van der Waals surface area contributed by atoms with Crippen LogP contribution in [0.5, 0.6) is 0 Å². The van der Waals surface area contributed by atoms with Crippen LogP contribution in [0.2, 0.25) is 0 Å². The highest BCUT2D eigenvalue weighted by molar-refractivity contribution is 5.78. The topological polar surface area (TPSA) is 64.3 Å². The second-order valence-electron chi connectivity index (χ2n) is 5.07. The molecular formula is C14H30N2O2. The standard InChI is InChI=1S/C14H30N2O2/c1-4-10-18-11-6-9-16-14(17)12(2)7-5-8-13(3)15/h12-13H,4-11,15H2,1-3H3,(H,16,17). The van der Waals surface area contributed by atoms with E-state index in [0.29, 0.717) is 6.54 Å². The molecule has 0 aromatic carbocycles. The van der Waals surface area contributed by atoms with E-state index in [-0.39, 0.29) is 17.9 Å². The fourth-order valence-corrected chi connectivity index (χ4v) is 1.68.